The van der Waals surface area contributed by atoms with E-state index in [1.165, 1.54) is 19.1 Å². The Hall–Kier alpha value is -2.50. The maximum atomic E-state index is 13.7. The molecule has 0 aliphatic rings. The van der Waals surface area contributed by atoms with E-state index in [0.29, 0.717) is 23.7 Å². The van der Waals surface area contributed by atoms with E-state index in [9.17, 15) is 9.18 Å². The van der Waals surface area contributed by atoms with Crippen LogP contribution in [0.1, 0.15) is 18.4 Å². The summed E-state index contributed by atoms with van der Waals surface area (Å²) in [7, 11) is 0. The second kappa shape index (κ2) is 6.10. The Balaban J connectivity index is 2.10. The molecule has 2 aromatic rings. The molecular formula is C14H15FN4O. The molecule has 0 fully saturated rings. The van der Waals surface area contributed by atoms with Crippen molar-refractivity contribution in [1.82, 2.24) is 9.97 Å². The average Bonchev–Trinajstić information content (AvgIpc) is 2.39. The van der Waals surface area contributed by atoms with E-state index < -0.39 is 0 Å². The van der Waals surface area contributed by atoms with Crippen LogP contribution in [0.25, 0.3) is 0 Å². The largest absolute Gasteiger partial charge is 0.377 e. The minimum absolute atomic E-state index is 0.200. The fourth-order valence-electron chi connectivity index (χ4n) is 1.73. The van der Waals surface area contributed by atoms with E-state index in [4.69, 9.17) is 0 Å². The summed E-state index contributed by atoms with van der Waals surface area (Å²) in [5, 5.41) is 5.56. The Labute approximate surface area is 116 Å². The second-order valence-electron chi connectivity index (χ2n) is 4.32. The number of hydrogen-bond donors (Lipinski definition) is 2. The molecular weight excluding hydrogens is 259 g/mol. The molecule has 0 radical (unpaired) electrons. The van der Waals surface area contributed by atoms with Gasteiger partial charge in [0, 0.05) is 18.8 Å². The topological polar surface area (TPSA) is 66.9 Å². The van der Waals surface area contributed by atoms with Crippen molar-refractivity contribution in [2.24, 2.45) is 0 Å². The van der Waals surface area contributed by atoms with Gasteiger partial charge in [-0.05, 0) is 31.2 Å². The molecule has 0 atom stereocenters. The molecule has 1 aromatic carbocycles. The van der Waals surface area contributed by atoms with Gasteiger partial charge in [0.05, 0.1) is 17.9 Å². The molecule has 2 N–H and O–H groups in total. The Morgan fingerprint density at radius 1 is 1.35 bits per heavy atom. The molecule has 104 valence electrons. The van der Waals surface area contributed by atoms with Gasteiger partial charge in [-0.3, -0.25) is 4.79 Å². The lowest BCUT2D eigenvalue weighted by Crippen LogP contribution is -2.08. The second-order valence-corrected chi connectivity index (χ2v) is 4.32. The van der Waals surface area contributed by atoms with Crippen LogP contribution < -0.4 is 10.6 Å². The van der Waals surface area contributed by atoms with E-state index in [2.05, 4.69) is 20.6 Å². The fourth-order valence-corrected chi connectivity index (χ4v) is 1.73. The zero-order chi connectivity index (χ0) is 14.5. The smallest absolute Gasteiger partial charge is 0.221 e. The number of carbonyl (C=O) groups excluding carboxylic acids is 1. The lowest BCUT2D eigenvalue weighted by molar-refractivity contribution is -0.114. The number of halogens is 1. The molecule has 0 bridgehead atoms. The summed E-state index contributed by atoms with van der Waals surface area (Å²) < 4.78 is 13.7. The van der Waals surface area contributed by atoms with E-state index >= 15 is 0 Å². The first-order valence-electron chi connectivity index (χ1n) is 6.14. The van der Waals surface area contributed by atoms with Crippen LogP contribution in [0.15, 0.2) is 30.5 Å². The molecule has 0 unspecified atom stereocenters. The Bertz CT molecular complexity index is 630. The molecule has 2 rings (SSSR count). The van der Waals surface area contributed by atoms with Crippen molar-refractivity contribution in [2.45, 2.75) is 20.4 Å². The molecule has 5 nitrogen and oxygen atoms in total. The minimum Gasteiger partial charge on any atom is -0.377 e. The van der Waals surface area contributed by atoms with Gasteiger partial charge in [-0.15, -0.1) is 0 Å². The van der Waals surface area contributed by atoms with Crippen LogP contribution in [-0.4, -0.2) is 15.9 Å². The number of hydrogen-bond acceptors (Lipinski definition) is 4. The van der Waals surface area contributed by atoms with Gasteiger partial charge in [0.15, 0.2) is 0 Å². The summed E-state index contributed by atoms with van der Waals surface area (Å²) >= 11 is 0. The summed E-state index contributed by atoms with van der Waals surface area (Å²) in [6.07, 6.45) is 1.66. The highest BCUT2D eigenvalue weighted by molar-refractivity contribution is 5.89. The van der Waals surface area contributed by atoms with Crippen molar-refractivity contribution in [2.75, 3.05) is 10.6 Å². The van der Waals surface area contributed by atoms with Crippen molar-refractivity contribution in [3.05, 3.63) is 47.8 Å². The molecule has 6 heteroatoms. The number of carbonyl (C=O) groups is 1. The number of aryl methyl sites for hydroxylation is 1. The van der Waals surface area contributed by atoms with Crippen LogP contribution in [0.3, 0.4) is 0 Å². The third-order valence-electron chi connectivity index (χ3n) is 2.58. The minimum atomic E-state index is -0.384. The molecule has 0 saturated heterocycles. The standard InChI is InChI=1S/C14H15FN4O/c1-9-16-6-5-12(18-9)8-17-14-7-11(19-10(2)20)3-4-13(14)15/h3-7,17H,8H2,1-2H3,(H,19,20). The van der Waals surface area contributed by atoms with Crippen LogP contribution in [0.5, 0.6) is 0 Å². The van der Waals surface area contributed by atoms with Crippen molar-refractivity contribution in [3.8, 4) is 0 Å². The van der Waals surface area contributed by atoms with Crippen LogP contribution in [-0.2, 0) is 11.3 Å². The Morgan fingerprint density at radius 2 is 2.15 bits per heavy atom. The zero-order valence-electron chi connectivity index (χ0n) is 11.3. The number of nitrogens with one attached hydrogen (secondary N) is 2. The predicted octanol–water partition coefficient (Wildman–Crippen LogP) is 2.49. The molecule has 1 aromatic heterocycles. The van der Waals surface area contributed by atoms with Gasteiger partial charge in [0.2, 0.25) is 5.91 Å². The van der Waals surface area contributed by atoms with Gasteiger partial charge in [-0.25, -0.2) is 14.4 Å². The van der Waals surface area contributed by atoms with Gasteiger partial charge in [-0.2, -0.15) is 0 Å². The quantitative estimate of drug-likeness (QED) is 0.899. The maximum absolute atomic E-state index is 13.7. The summed E-state index contributed by atoms with van der Waals surface area (Å²) in [6.45, 7) is 3.57. The van der Waals surface area contributed by atoms with Gasteiger partial charge in [0.25, 0.3) is 0 Å². The monoisotopic (exact) mass is 274 g/mol. The molecule has 0 aliphatic carbocycles. The fraction of sp³-hybridized carbons (Fsp3) is 0.214. The van der Waals surface area contributed by atoms with E-state index in [1.54, 1.807) is 25.3 Å². The SMILES string of the molecule is CC(=O)Nc1ccc(F)c(NCc2ccnc(C)n2)c1. The van der Waals surface area contributed by atoms with Crippen molar-refractivity contribution < 1.29 is 9.18 Å². The molecule has 1 amide bonds. The van der Waals surface area contributed by atoms with Gasteiger partial charge >= 0.3 is 0 Å². The Kier molecular flexibility index (Phi) is 4.24. The number of benzene rings is 1. The zero-order valence-corrected chi connectivity index (χ0v) is 11.3. The molecule has 0 spiro atoms. The molecule has 20 heavy (non-hydrogen) atoms. The van der Waals surface area contributed by atoms with Gasteiger partial charge in [-0.1, -0.05) is 0 Å². The molecule has 0 aliphatic heterocycles. The highest BCUT2D eigenvalue weighted by atomic mass is 19.1. The number of nitrogens with zero attached hydrogens (tertiary/aromatic N) is 2. The van der Waals surface area contributed by atoms with Crippen molar-refractivity contribution in [1.29, 1.82) is 0 Å². The third kappa shape index (κ3) is 3.74. The Morgan fingerprint density at radius 3 is 2.85 bits per heavy atom. The maximum Gasteiger partial charge on any atom is 0.221 e. The summed E-state index contributed by atoms with van der Waals surface area (Å²) in [5.41, 5.74) is 1.62. The number of anilines is 2. The first-order valence-corrected chi connectivity index (χ1v) is 6.14. The number of amides is 1. The van der Waals surface area contributed by atoms with Crippen LogP contribution in [0.2, 0.25) is 0 Å². The van der Waals surface area contributed by atoms with Gasteiger partial charge in [0.1, 0.15) is 11.6 Å². The van der Waals surface area contributed by atoms with Crippen LogP contribution in [0.4, 0.5) is 15.8 Å². The number of aromatic nitrogens is 2. The average molecular weight is 274 g/mol. The van der Waals surface area contributed by atoms with E-state index in [1.807, 2.05) is 0 Å². The molecule has 1 heterocycles. The van der Waals surface area contributed by atoms with Crippen LogP contribution in [0, 0.1) is 12.7 Å². The highest BCUT2D eigenvalue weighted by Gasteiger charge is 2.05. The third-order valence-corrected chi connectivity index (χ3v) is 2.58. The lowest BCUT2D eigenvalue weighted by Gasteiger charge is -2.10. The highest BCUT2D eigenvalue weighted by Crippen LogP contribution is 2.20. The van der Waals surface area contributed by atoms with E-state index in [-0.39, 0.29) is 11.7 Å². The normalized spacial score (nSPS) is 10.2. The van der Waals surface area contributed by atoms with Crippen LogP contribution >= 0.6 is 0 Å². The first-order chi connectivity index (χ1) is 9.54. The number of rotatable bonds is 4. The van der Waals surface area contributed by atoms with Crippen molar-refractivity contribution in [3.63, 3.8) is 0 Å². The van der Waals surface area contributed by atoms with Gasteiger partial charge < -0.3 is 10.6 Å². The lowest BCUT2D eigenvalue weighted by atomic mass is 10.2. The summed E-state index contributed by atoms with van der Waals surface area (Å²) in [4.78, 5) is 19.2. The van der Waals surface area contributed by atoms with Crippen molar-refractivity contribution >= 4 is 17.3 Å². The predicted molar refractivity (Wildman–Crippen MR) is 74.8 cm³/mol. The molecule has 0 saturated carbocycles. The van der Waals surface area contributed by atoms with E-state index in [0.717, 1.165) is 5.69 Å². The summed E-state index contributed by atoms with van der Waals surface area (Å²) in [5.74, 6) is 0.0793. The first kappa shape index (κ1) is 13.9. The summed E-state index contributed by atoms with van der Waals surface area (Å²) in [6, 6.07) is 6.12.